The Morgan fingerprint density at radius 1 is 1.06 bits per heavy atom. The Morgan fingerprint density at radius 3 is 2.61 bits per heavy atom. The van der Waals surface area contributed by atoms with E-state index in [0.29, 0.717) is 11.4 Å². The molecule has 0 radical (unpaired) electrons. The number of carbonyl (C=O) groups is 2. The summed E-state index contributed by atoms with van der Waals surface area (Å²) in [6.07, 6.45) is 1.29. The van der Waals surface area contributed by atoms with Crippen LogP contribution in [0.25, 0.3) is 28.2 Å². The molecule has 0 unspecified atom stereocenters. The van der Waals surface area contributed by atoms with Gasteiger partial charge in [-0.15, -0.1) is 0 Å². The highest BCUT2D eigenvalue weighted by molar-refractivity contribution is 7.80. The predicted molar refractivity (Wildman–Crippen MR) is 138 cm³/mol. The molecule has 1 aliphatic heterocycles. The first-order valence-corrected chi connectivity index (χ1v) is 11.1. The third-order valence-corrected chi connectivity index (χ3v) is 5.97. The van der Waals surface area contributed by atoms with Gasteiger partial charge in [0.15, 0.2) is 5.11 Å². The molecule has 178 valence electrons. The number of benzene rings is 3. The average Bonchev–Trinajstić information content (AvgIpc) is 3.34. The number of nitro benzene ring substituents is 1. The van der Waals surface area contributed by atoms with E-state index in [9.17, 15) is 19.7 Å². The molecule has 1 saturated heterocycles. The Bertz CT molecular complexity index is 1600. The number of fused-ring (bicyclic) bond motifs is 1. The summed E-state index contributed by atoms with van der Waals surface area (Å²) in [4.78, 5) is 38.4. The van der Waals surface area contributed by atoms with Crippen LogP contribution in [0.15, 0.2) is 82.8 Å². The van der Waals surface area contributed by atoms with Crippen LogP contribution in [0, 0.1) is 10.1 Å². The average molecular weight is 500 g/mol. The number of carbonyl (C=O) groups excluding carboxylic acids is 2. The smallest absolute Gasteiger partial charge is 0.284 e. The summed E-state index contributed by atoms with van der Waals surface area (Å²) in [5.41, 5.74) is 0.356. The van der Waals surface area contributed by atoms with Crippen LogP contribution in [-0.2, 0) is 9.59 Å². The summed E-state index contributed by atoms with van der Waals surface area (Å²) < 4.78 is 10.8. The predicted octanol–water partition coefficient (Wildman–Crippen LogP) is 4.85. The number of hydrogen-bond acceptors (Lipinski definition) is 7. The highest BCUT2D eigenvalue weighted by atomic mass is 32.1. The minimum absolute atomic E-state index is 0.0347. The van der Waals surface area contributed by atoms with Gasteiger partial charge in [-0.2, -0.15) is 0 Å². The van der Waals surface area contributed by atoms with Crippen molar-refractivity contribution >= 4 is 57.4 Å². The molecule has 1 N–H and O–H groups in total. The molecule has 5 rings (SSSR count). The molecule has 0 saturated carbocycles. The van der Waals surface area contributed by atoms with Gasteiger partial charge < -0.3 is 9.15 Å². The van der Waals surface area contributed by atoms with Gasteiger partial charge in [-0.05, 0) is 54.0 Å². The van der Waals surface area contributed by atoms with E-state index in [-0.39, 0.29) is 33.5 Å². The number of ether oxygens (including phenoxy) is 1. The van der Waals surface area contributed by atoms with Crippen molar-refractivity contribution in [2.45, 2.75) is 0 Å². The highest BCUT2D eigenvalue weighted by Gasteiger charge is 2.35. The van der Waals surface area contributed by atoms with Crippen molar-refractivity contribution in [1.29, 1.82) is 0 Å². The fraction of sp³-hybridized carbons (Fsp3) is 0.0385. The number of methoxy groups -OCH3 is 1. The van der Waals surface area contributed by atoms with Crippen molar-refractivity contribution in [2.75, 3.05) is 12.0 Å². The van der Waals surface area contributed by atoms with E-state index in [1.54, 1.807) is 18.2 Å². The zero-order chi connectivity index (χ0) is 25.4. The molecule has 0 aliphatic carbocycles. The summed E-state index contributed by atoms with van der Waals surface area (Å²) in [7, 11) is 1.41. The van der Waals surface area contributed by atoms with Crippen LogP contribution >= 0.6 is 12.2 Å². The summed E-state index contributed by atoms with van der Waals surface area (Å²) in [5, 5.41) is 15.8. The minimum Gasteiger partial charge on any atom is -0.497 e. The van der Waals surface area contributed by atoms with Crippen LogP contribution < -0.4 is 15.0 Å². The number of anilines is 1. The van der Waals surface area contributed by atoms with Gasteiger partial charge in [0.05, 0.1) is 29.4 Å². The van der Waals surface area contributed by atoms with E-state index >= 15 is 0 Å². The van der Waals surface area contributed by atoms with Crippen molar-refractivity contribution in [3.05, 3.63) is 94.2 Å². The number of nitro groups is 1. The number of thiocarbonyl (C=S) groups is 1. The molecule has 1 aliphatic rings. The van der Waals surface area contributed by atoms with Crippen molar-refractivity contribution < 1.29 is 23.7 Å². The van der Waals surface area contributed by atoms with Crippen LogP contribution in [0.3, 0.4) is 0 Å². The quantitative estimate of drug-likeness (QED) is 0.137. The van der Waals surface area contributed by atoms with E-state index in [1.165, 1.54) is 42.4 Å². The second kappa shape index (κ2) is 9.08. The van der Waals surface area contributed by atoms with Crippen LogP contribution in [0.2, 0.25) is 0 Å². The van der Waals surface area contributed by atoms with E-state index in [0.717, 1.165) is 10.8 Å². The first-order chi connectivity index (χ1) is 17.4. The topological polar surface area (TPSA) is 115 Å². The monoisotopic (exact) mass is 499 g/mol. The maximum absolute atomic E-state index is 13.5. The lowest BCUT2D eigenvalue weighted by atomic mass is 10.1. The molecule has 1 fully saturated rings. The van der Waals surface area contributed by atoms with E-state index < -0.39 is 16.7 Å². The second-order valence-electron chi connectivity index (χ2n) is 7.80. The lowest BCUT2D eigenvalue weighted by molar-refractivity contribution is -0.384. The summed E-state index contributed by atoms with van der Waals surface area (Å²) in [6.45, 7) is 0. The molecule has 2 heterocycles. The largest absolute Gasteiger partial charge is 0.497 e. The van der Waals surface area contributed by atoms with Gasteiger partial charge in [0, 0.05) is 5.39 Å². The summed E-state index contributed by atoms with van der Waals surface area (Å²) in [5.74, 6) is -0.600. The Hall–Kier alpha value is -4.83. The van der Waals surface area contributed by atoms with Crippen LogP contribution in [-0.4, -0.2) is 29.0 Å². The molecule has 0 atom stereocenters. The molecule has 10 heteroatoms. The van der Waals surface area contributed by atoms with Crippen molar-refractivity contribution in [2.24, 2.45) is 0 Å². The summed E-state index contributed by atoms with van der Waals surface area (Å²) >= 11 is 5.32. The van der Waals surface area contributed by atoms with Crippen LogP contribution in [0.4, 0.5) is 11.4 Å². The molecule has 9 nitrogen and oxygen atoms in total. The Morgan fingerprint density at radius 2 is 1.83 bits per heavy atom. The van der Waals surface area contributed by atoms with Crippen molar-refractivity contribution in [3.63, 3.8) is 0 Å². The Balaban J connectivity index is 1.53. The third kappa shape index (κ3) is 3.99. The van der Waals surface area contributed by atoms with Crippen molar-refractivity contribution in [1.82, 2.24) is 5.32 Å². The number of rotatable bonds is 5. The first-order valence-electron chi connectivity index (χ1n) is 10.7. The second-order valence-corrected chi connectivity index (χ2v) is 8.19. The fourth-order valence-corrected chi connectivity index (χ4v) is 4.27. The number of nitrogens with one attached hydrogen (secondary N) is 1. The van der Waals surface area contributed by atoms with Gasteiger partial charge in [0.25, 0.3) is 17.5 Å². The summed E-state index contributed by atoms with van der Waals surface area (Å²) in [6, 6.07) is 20.4. The van der Waals surface area contributed by atoms with Gasteiger partial charge in [-0.25, -0.2) is 0 Å². The number of furan rings is 1. The molecule has 2 amide bonds. The Labute approximate surface area is 209 Å². The zero-order valence-corrected chi connectivity index (χ0v) is 19.6. The molecule has 0 bridgehead atoms. The van der Waals surface area contributed by atoms with E-state index in [4.69, 9.17) is 21.4 Å². The van der Waals surface area contributed by atoms with Gasteiger partial charge in [-0.3, -0.25) is 29.9 Å². The fourth-order valence-electron chi connectivity index (χ4n) is 3.99. The first kappa shape index (κ1) is 22.9. The standard InChI is InChI=1S/C26H17N3O6S/c1-34-16-9-11-19(22(14-16)29(32)33)23-12-10-17(35-23)13-20-24(30)27-26(36)28(25(20)31)21-8-4-6-15-5-2-3-7-18(15)21/h2-14H,1H3,(H,27,30,36)/b20-13+. The maximum atomic E-state index is 13.5. The molecule has 0 spiro atoms. The van der Waals surface area contributed by atoms with Crippen LogP contribution in [0.5, 0.6) is 5.75 Å². The molecule has 4 aromatic rings. The van der Waals surface area contributed by atoms with Gasteiger partial charge in [0.1, 0.15) is 22.8 Å². The molecule has 3 aromatic carbocycles. The molecule has 1 aromatic heterocycles. The minimum atomic E-state index is -0.671. The highest BCUT2D eigenvalue weighted by Crippen LogP contribution is 2.35. The maximum Gasteiger partial charge on any atom is 0.284 e. The molecular weight excluding hydrogens is 482 g/mol. The molecule has 36 heavy (non-hydrogen) atoms. The number of amides is 2. The lowest BCUT2D eigenvalue weighted by Gasteiger charge is -2.29. The van der Waals surface area contributed by atoms with Crippen molar-refractivity contribution in [3.8, 4) is 17.1 Å². The SMILES string of the molecule is COc1ccc(-c2ccc(/C=C3\C(=O)NC(=S)N(c4cccc5ccccc45)C3=O)o2)c([N+](=O)[O-])c1. The van der Waals surface area contributed by atoms with Gasteiger partial charge >= 0.3 is 0 Å². The Kier molecular flexibility index (Phi) is 5.79. The molecular formula is C26H17N3O6S. The van der Waals surface area contributed by atoms with E-state index in [2.05, 4.69) is 5.32 Å². The lowest BCUT2D eigenvalue weighted by Crippen LogP contribution is -2.54. The third-order valence-electron chi connectivity index (χ3n) is 5.69. The van der Waals surface area contributed by atoms with Gasteiger partial charge in [-0.1, -0.05) is 36.4 Å². The van der Waals surface area contributed by atoms with E-state index in [1.807, 2.05) is 30.3 Å². The number of hydrogen-bond donors (Lipinski definition) is 1. The number of nitrogens with zero attached hydrogens (tertiary/aromatic N) is 2. The normalized spacial score (nSPS) is 14.9. The van der Waals surface area contributed by atoms with Gasteiger partial charge in [0.2, 0.25) is 0 Å². The van der Waals surface area contributed by atoms with Crippen LogP contribution in [0.1, 0.15) is 5.76 Å². The zero-order valence-electron chi connectivity index (χ0n) is 18.8.